The molecule has 2 aliphatic heterocycles. The summed E-state index contributed by atoms with van der Waals surface area (Å²) in [5.74, 6) is 0.461. The van der Waals surface area contributed by atoms with Crippen LogP contribution in [0.3, 0.4) is 0 Å². The summed E-state index contributed by atoms with van der Waals surface area (Å²) < 4.78 is 25.3. The number of rotatable bonds is 4. The maximum atomic E-state index is 11.8. The maximum absolute atomic E-state index is 11.8. The molecule has 0 unspecified atom stereocenters. The molecular weight excluding hydrogens is 308 g/mol. The van der Waals surface area contributed by atoms with Crippen LogP contribution in [0.4, 0.5) is 0 Å². The van der Waals surface area contributed by atoms with E-state index < -0.39 is 10.0 Å². The molecule has 0 bridgehead atoms. The molecule has 0 spiro atoms. The van der Waals surface area contributed by atoms with E-state index in [1.165, 1.54) is 30.2 Å². The van der Waals surface area contributed by atoms with Crippen molar-refractivity contribution in [1.29, 1.82) is 0 Å². The van der Waals surface area contributed by atoms with Gasteiger partial charge in [-0.1, -0.05) is 24.3 Å². The van der Waals surface area contributed by atoms with Crippen molar-refractivity contribution in [2.75, 3.05) is 32.4 Å². The van der Waals surface area contributed by atoms with Gasteiger partial charge in [-0.05, 0) is 56.2 Å². The van der Waals surface area contributed by atoms with E-state index in [9.17, 15) is 8.42 Å². The highest BCUT2D eigenvalue weighted by Crippen LogP contribution is 2.35. The Labute approximate surface area is 140 Å². The molecule has 2 atom stereocenters. The number of piperidine rings is 1. The molecular formula is C18H28N2O2S. The number of likely N-dealkylation sites (tertiary alicyclic amines) is 1. The van der Waals surface area contributed by atoms with Crippen molar-refractivity contribution in [1.82, 2.24) is 9.21 Å². The predicted molar refractivity (Wildman–Crippen MR) is 93.9 cm³/mol. The topological polar surface area (TPSA) is 40.6 Å². The Balaban J connectivity index is 1.68. The maximum Gasteiger partial charge on any atom is 0.211 e. The van der Waals surface area contributed by atoms with Gasteiger partial charge in [0.05, 0.1) is 6.26 Å². The lowest BCUT2D eigenvalue weighted by molar-refractivity contribution is 0.168. The molecule has 2 heterocycles. The Morgan fingerprint density at radius 1 is 1.13 bits per heavy atom. The molecule has 2 saturated heterocycles. The Morgan fingerprint density at radius 3 is 2.61 bits per heavy atom. The number of aryl methyl sites for hydroxylation is 1. The molecule has 128 valence electrons. The van der Waals surface area contributed by atoms with E-state index in [-0.39, 0.29) is 0 Å². The van der Waals surface area contributed by atoms with Gasteiger partial charge in [-0.3, -0.25) is 4.90 Å². The molecule has 4 nitrogen and oxygen atoms in total. The molecule has 3 rings (SSSR count). The molecule has 0 N–H and O–H groups in total. The van der Waals surface area contributed by atoms with Crippen LogP contribution >= 0.6 is 0 Å². The standard InChI is InChI=1S/C18H28N2O2S/c1-15-7-3-4-9-17(15)18-10-6-11-19(18)13-16-8-5-12-20(14-16)23(2,21)22/h3-4,7,9,16,18H,5-6,8,10-14H2,1-2H3/t16-,18+/m0/s1. The van der Waals surface area contributed by atoms with E-state index in [0.29, 0.717) is 25.0 Å². The van der Waals surface area contributed by atoms with Gasteiger partial charge in [-0.2, -0.15) is 0 Å². The Morgan fingerprint density at radius 2 is 1.87 bits per heavy atom. The number of hydrogen-bond acceptors (Lipinski definition) is 3. The summed E-state index contributed by atoms with van der Waals surface area (Å²) in [5, 5.41) is 0. The highest BCUT2D eigenvalue weighted by atomic mass is 32.2. The number of sulfonamides is 1. The number of hydrogen-bond donors (Lipinski definition) is 0. The molecule has 0 aliphatic carbocycles. The predicted octanol–water partition coefficient (Wildman–Crippen LogP) is 2.80. The van der Waals surface area contributed by atoms with E-state index in [0.717, 1.165) is 25.9 Å². The van der Waals surface area contributed by atoms with Crippen LogP contribution < -0.4 is 0 Å². The molecule has 1 aromatic carbocycles. The summed E-state index contributed by atoms with van der Waals surface area (Å²) in [4.78, 5) is 2.58. The van der Waals surface area contributed by atoms with Crippen molar-refractivity contribution >= 4 is 10.0 Å². The van der Waals surface area contributed by atoms with Crippen LogP contribution in [-0.2, 0) is 10.0 Å². The van der Waals surface area contributed by atoms with E-state index in [2.05, 4.69) is 36.1 Å². The third-order valence-corrected chi connectivity index (χ3v) is 6.62. The lowest BCUT2D eigenvalue weighted by atomic mass is 9.96. The van der Waals surface area contributed by atoms with Crippen molar-refractivity contribution < 1.29 is 8.42 Å². The number of benzene rings is 1. The Hall–Kier alpha value is -0.910. The van der Waals surface area contributed by atoms with Gasteiger partial charge in [0, 0.05) is 25.7 Å². The van der Waals surface area contributed by atoms with Crippen LogP contribution in [0.25, 0.3) is 0 Å². The minimum absolute atomic E-state index is 0.461. The average molecular weight is 337 g/mol. The smallest absolute Gasteiger partial charge is 0.211 e. The third-order valence-electron chi connectivity index (χ3n) is 5.35. The highest BCUT2D eigenvalue weighted by Gasteiger charge is 2.32. The van der Waals surface area contributed by atoms with Crippen molar-refractivity contribution in [2.24, 2.45) is 5.92 Å². The lowest BCUT2D eigenvalue weighted by Gasteiger charge is -2.35. The summed E-state index contributed by atoms with van der Waals surface area (Å²) in [5.41, 5.74) is 2.81. The minimum Gasteiger partial charge on any atom is -0.296 e. The molecule has 0 radical (unpaired) electrons. The van der Waals surface area contributed by atoms with E-state index in [1.54, 1.807) is 4.31 Å². The van der Waals surface area contributed by atoms with Crippen molar-refractivity contribution in [3.05, 3.63) is 35.4 Å². The molecule has 2 fully saturated rings. The van der Waals surface area contributed by atoms with E-state index in [4.69, 9.17) is 0 Å². The summed E-state index contributed by atoms with van der Waals surface area (Å²) in [6.07, 6.45) is 5.92. The monoisotopic (exact) mass is 336 g/mol. The lowest BCUT2D eigenvalue weighted by Crippen LogP contribution is -2.43. The summed E-state index contributed by atoms with van der Waals surface area (Å²) in [7, 11) is -3.05. The largest absolute Gasteiger partial charge is 0.296 e. The second kappa shape index (κ2) is 6.91. The fraction of sp³-hybridized carbons (Fsp3) is 0.667. The third kappa shape index (κ3) is 3.95. The average Bonchev–Trinajstić information content (AvgIpc) is 2.95. The quantitative estimate of drug-likeness (QED) is 0.849. The summed E-state index contributed by atoms with van der Waals surface area (Å²) in [6, 6.07) is 9.18. The zero-order valence-corrected chi connectivity index (χ0v) is 15.1. The molecule has 0 saturated carbocycles. The molecule has 5 heteroatoms. The fourth-order valence-corrected chi connectivity index (χ4v) is 5.11. The first-order chi connectivity index (χ1) is 10.9. The molecule has 23 heavy (non-hydrogen) atoms. The highest BCUT2D eigenvalue weighted by molar-refractivity contribution is 7.88. The Bertz CT molecular complexity index is 644. The zero-order chi connectivity index (χ0) is 16.4. The fourth-order valence-electron chi connectivity index (χ4n) is 4.17. The van der Waals surface area contributed by atoms with Gasteiger partial charge >= 0.3 is 0 Å². The zero-order valence-electron chi connectivity index (χ0n) is 14.2. The van der Waals surface area contributed by atoms with E-state index in [1.807, 2.05) is 0 Å². The van der Waals surface area contributed by atoms with Crippen LogP contribution in [0.1, 0.15) is 42.9 Å². The van der Waals surface area contributed by atoms with Gasteiger partial charge in [-0.15, -0.1) is 0 Å². The van der Waals surface area contributed by atoms with Gasteiger partial charge in [0.2, 0.25) is 10.0 Å². The Kier molecular flexibility index (Phi) is 5.09. The summed E-state index contributed by atoms with van der Waals surface area (Å²) >= 11 is 0. The van der Waals surface area contributed by atoms with Gasteiger partial charge in [-0.25, -0.2) is 12.7 Å². The van der Waals surface area contributed by atoms with Crippen molar-refractivity contribution in [3.8, 4) is 0 Å². The van der Waals surface area contributed by atoms with Gasteiger partial charge in [0.15, 0.2) is 0 Å². The van der Waals surface area contributed by atoms with Crippen molar-refractivity contribution in [2.45, 2.75) is 38.6 Å². The van der Waals surface area contributed by atoms with Crippen LogP contribution in [0, 0.1) is 12.8 Å². The molecule has 1 aromatic rings. The SMILES string of the molecule is Cc1ccccc1[C@H]1CCCN1C[C@@H]1CCCN(S(C)(=O)=O)C1. The van der Waals surface area contributed by atoms with Crippen LogP contribution in [0.2, 0.25) is 0 Å². The van der Waals surface area contributed by atoms with Crippen LogP contribution in [0.5, 0.6) is 0 Å². The first-order valence-electron chi connectivity index (χ1n) is 8.70. The minimum atomic E-state index is -3.05. The first kappa shape index (κ1) is 16.9. The number of nitrogens with zero attached hydrogens (tertiary/aromatic N) is 2. The molecule has 0 aromatic heterocycles. The normalized spacial score (nSPS) is 27.4. The second-order valence-corrected chi connectivity index (χ2v) is 9.12. The van der Waals surface area contributed by atoms with Gasteiger partial charge in [0.1, 0.15) is 0 Å². The molecule has 0 amide bonds. The second-order valence-electron chi connectivity index (χ2n) is 7.14. The molecule has 2 aliphatic rings. The van der Waals surface area contributed by atoms with Gasteiger partial charge < -0.3 is 0 Å². The summed E-state index contributed by atoms with van der Waals surface area (Å²) in [6.45, 7) is 5.73. The first-order valence-corrected chi connectivity index (χ1v) is 10.5. The van der Waals surface area contributed by atoms with Crippen molar-refractivity contribution in [3.63, 3.8) is 0 Å². The van der Waals surface area contributed by atoms with E-state index >= 15 is 0 Å². The van der Waals surface area contributed by atoms with Crippen LogP contribution in [0.15, 0.2) is 24.3 Å². The van der Waals surface area contributed by atoms with Crippen LogP contribution in [-0.4, -0.2) is 50.1 Å². The van der Waals surface area contributed by atoms with Gasteiger partial charge in [0.25, 0.3) is 0 Å².